The van der Waals surface area contributed by atoms with Crippen molar-refractivity contribution in [2.24, 2.45) is 11.8 Å². The summed E-state index contributed by atoms with van der Waals surface area (Å²) in [6, 6.07) is 1.05. The summed E-state index contributed by atoms with van der Waals surface area (Å²) < 4.78 is 0. The van der Waals surface area contributed by atoms with E-state index in [1.54, 1.807) is 0 Å². The molecule has 1 amide bonds. The Morgan fingerprint density at radius 3 is 2.11 bits per heavy atom. The SMILES string of the molecule is CC(C)C(=O)N1[C@H](C)C[C@@H]2CCCC[C@@H]21.S.S.S.S. The van der Waals surface area contributed by atoms with Crippen LogP contribution in [0.3, 0.4) is 0 Å². The number of carbonyl (C=O) groups excluding carboxylic acids is 1. The van der Waals surface area contributed by atoms with Crippen LogP contribution in [0.15, 0.2) is 0 Å². The molecule has 6 heteroatoms. The van der Waals surface area contributed by atoms with Gasteiger partial charge in [-0.05, 0) is 32.1 Å². The van der Waals surface area contributed by atoms with Gasteiger partial charge < -0.3 is 4.90 Å². The van der Waals surface area contributed by atoms with Crippen LogP contribution in [-0.4, -0.2) is 22.9 Å². The number of hydrogen-bond acceptors (Lipinski definition) is 1. The summed E-state index contributed by atoms with van der Waals surface area (Å²) in [5.74, 6) is 1.33. The first-order valence-corrected chi connectivity index (χ1v) is 6.43. The molecule has 1 saturated heterocycles. The van der Waals surface area contributed by atoms with Crippen LogP contribution < -0.4 is 0 Å². The Balaban J connectivity index is -0.000000640. The first-order valence-electron chi connectivity index (χ1n) is 6.43. The minimum absolute atomic E-state index is 0. The van der Waals surface area contributed by atoms with Crippen molar-refractivity contribution in [3.63, 3.8) is 0 Å². The number of carbonyl (C=O) groups is 1. The lowest BCUT2D eigenvalue weighted by Gasteiger charge is -2.34. The highest BCUT2D eigenvalue weighted by atomic mass is 32.1. The van der Waals surface area contributed by atoms with Gasteiger partial charge in [-0.25, -0.2) is 0 Å². The number of fused-ring (bicyclic) bond motifs is 1. The standard InChI is InChI=1S/C13H23NO.4H2S/c1-9(2)13(15)14-10(3)8-11-6-4-5-7-12(11)14;;;;/h9-12H,4-8H2,1-3H3;4*1H2/t10-,11+,12+;;;;/m1..../s1. The van der Waals surface area contributed by atoms with E-state index in [-0.39, 0.29) is 59.9 Å². The van der Waals surface area contributed by atoms with Gasteiger partial charge in [-0.3, -0.25) is 4.79 Å². The number of likely N-dealkylation sites (tertiary alicyclic amines) is 1. The summed E-state index contributed by atoms with van der Waals surface area (Å²) in [6.07, 6.45) is 6.51. The summed E-state index contributed by atoms with van der Waals surface area (Å²) in [5.41, 5.74) is 0. The molecule has 0 unspecified atom stereocenters. The van der Waals surface area contributed by atoms with Crippen LogP contribution in [0, 0.1) is 11.8 Å². The van der Waals surface area contributed by atoms with E-state index in [0.717, 1.165) is 5.92 Å². The largest absolute Gasteiger partial charge is 0.337 e. The smallest absolute Gasteiger partial charge is 0.225 e. The maximum atomic E-state index is 12.1. The van der Waals surface area contributed by atoms with E-state index in [1.165, 1.54) is 32.1 Å². The van der Waals surface area contributed by atoms with Gasteiger partial charge in [0.05, 0.1) is 0 Å². The van der Waals surface area contributed by atoms with Crippen molar-refractivity contribution < 1.29 is 4.79 Å². The maximum Gasteiger partial charge on any atom is 0.225 e. The molecule has 0 aromatic carbocycles. The van der Waals surface area contributed by atoms with Gasteiger partial charge in [0, 0.05) is 18.0 Å². The molecule has 0 spiro atoms. The van der Waals surface area contributed by atoms with Crippen molar-refractivity contribution in [2.75, 3.05) is 0 Å². The number of nitrogens with zero attached hydrogens (tertiary/aromatic N) is 1. The van der Waals surface area contributed by atoms with Crippen molar-refractivity contribution >= 4 is 59.9 Å². The third kappa shape index (κ3) is 5.29. The zero-order valence-electron chi connectivity index (χ0n) is 12.2. The van der Waals surface area contributed by atoms with Gasteiger partial charge >= 0.3 is 0 Å². The van der Waals surface area contributed by atoms with Crippen molar-refractivity contribution in [3.8, 4) is 0 Å². The Bertz CT molecular complexity index is 263. The maximum absolute atomic E-state index is 12.1. The topological polar surface area (TPSA) is 20.3 Å². The van der Waals surface area contributed by atoms with Crippen molar-refractivity contribution in [2.45, 2.75) is 65.0 Å². The fourth-order valence-corrected chi connectivity index (χ4v) is 3.39. The third-order valence-corrected chi connectivity index (χ3v) is 4.09. The first kappa shape index (κ1) is 24.9. The quantitative estimate of drug-likeness (QED) is 0.714. The van der Waals surface area contributed by atoms with E-state index >= 15 is 0 Å². The molecule has 0 radical (unpaired) electrons. The Morgan fingerprint density at radius 2 is 1.58 bits per heavy atom. The summed E-state index contributed by atoms with van der Waals surface area (Å²) >= 11 is 0. The van der Waals surface area contributed by atoms with Gasteiger partial charge in [0.1, 0.15) is 0 Å². The highest BCUT2D eigenvalue weighted by Crippen LogP contribution is 2.40. The van der Waals surface area contributed by atoms with Crippen LogP contribution in [-0.2, 0) is 4.79 Å². The number of amides is 1. The molecule has 1 heterocycles. The molecular weight excluding hydrogens is 314 g/mol. The van der Waals surface area contributed by atoms with Crippen molar-refractivity contribution in [3.05, 3.63) is 0 Å². The van der Waals surface area contributed by atoms with Gasteiger partial charge in [0.15, 0.2) is 0 Å². The number of rotatable bonds is 1. The fourth-order valence-electron chi connectivity index (χ4n) is 3.39. The lowest BCUT2D eigenvalue weighted by Crippen LogP contribution is -2.44. The van der Waals surface area contributed by atoms with Crippen molar-refractivity contribution in [1.82, 2.24) is 4.90 Å². The molecule has 2 fully saturated rings. The molecular formula is C13H31NOS4. The van der Waals surface area contributed by atoms with E-state index < -0.39 is 0 Å². The van der Waals surface area contributed by atoms with E-state index in [0.29, 0.717) is 18.0 Å². The molecule has 1 aliphatic carbocycles. The van der Waals surface area contributed by atoms with Gasteiger partial charge in [0.25, 0.3) is 0 Å². The molecule has 0 bridgehead atoms. The average Bonchev–Trinajstić information content (AvgIpc) is 2.52. The summed E-state index contributed by atoms with van der Waals surface area (Å²) in [6.45, 7) is 6.26. The highest BCUT2D eigenvalue weighted by Gasteiger charge is 2.42. The second kappa shape index (κ2) is 10.6. The predicted molar refractivity (Wildman–Crippen MR) is 103 cm³/mol. The first-order chi connectivity index (χ1) is 7.11. The predicted octanol–water partition coefficient (Wildman–Crippen LogP) is 3.27. The Kier molecular flexibility index (Phi) is 13.8. The van der Waals surface area contributed by atoms with Crippen LogP contribution in [0.2, 0.25) is 0 Å². The second-order valence-corrected chi connectivity index (χ2v) is 5.60. The van der Waals surface area contributed by atoms with E-state index in [4.69, 9.17) is 0 Å². The second-order valence-electron chi connectivity index (χ2n) is 5.60. The van der Waals surface area contributed by atoms with Gasteiger partial charge in [-0.1, -0.05) is 26.7 Å². The van der Waals surface area contributed by atoms with E-state index in [9.17, 15) is 4.79 Å². The zero-order chi connectivity index (χ0) is 11.0. The fraction of sp³-hybridized carbons (Fsp3) is 0.923. The van der Waals surface area contributed by atoms with Crippen LogP contribution in [0.4, 0.5) is 0 Å². The zero-order valence-corrected chi connectivity index (χ0v) is 16.2. The molecule has 0 N–H and O–H groups in total. The highest BCUT2D eigenvalue weighted by molar-refractivity contribution is 7.59. The molecule has 19 heavy (non-hydrogen) atoms. The van der Waals surface area contributed by atoms with Gasteiger partial charge in [0.2, 0.25) is 5.91 Å². The lowest BCUT2D eigenvalue weighted by atomic mass is 9.84. The summed E-state index contributed by atoms with van der Waals surface area (Å²) in [4.78, 5) is 14.3. The van der Waals surface area contributed by atoms with E-state index in [2.05, 4.69) is 11.8 Å². The van der Waals surface area contributed by atoms with Crippen LogP contribution >= 0.6 is 54.0 Å². The number of hydrogen-bond donors (Lipinski definition) is 0. The minimum atomic E-state index is 0. The van der Waals surface area contributed by atoms with E-state index in [1.807, 2.05) is 13.8 Å². The molecule has 2 rings (SSSR count). The Hall–Kier alpha value is 0.870. The minimum Gasteiger partial charge on any atom is -0.337 e. The third-order valence-electron chi connectivity index (χ3n) is 4.09. The summed E-state index contributed by atoms with van der Waals surface area (Å²) in [5, 5.41) is 0. The lowest BCUT2D eigenvalue weighted by molar-refractivity contribution is -0.137. The van der Waals surface area contributed by atoms with Crippen LogP contribution in [0.25, 0.3) is 0 Å². The van der Waals surface area contributed by atoms with Gasteiger partial charge in [-0.15, -0.1) is 0 Å². The van der Waals surface area contributed by atoms with Crippen molar-refractivity contribution in [1.29, 1.82) is 0 Å². The Labute approximate surface area is 146 Å². The van der Waals surface area contributed by atoms with Gasteiger partial charge in [-0.2, -0.15) is 54.0 Å². The summed E-state index contributed by atoms with van der Waals surface area (Å²) in [7, 11) is 0. The molecule has 2 aliphatic rings. The normalized spacial score (nSPS) is 28.2. The molecule has 118 valence electrons. The van der Waals surface area contributed by atoms with Crippen LogP contribution in [0.5, 0.6) is 0 Å². The molecule has 0 aromatic rings. The molecule has 0 aromatic heterocycles. The average molecular weight is 346 g/mol. The molecule has 3 atom stereocenters. The monoisotopic (exact) mass is 345 g/mol. The molecule has 2 nitrogen and oxygen atoms in total. The molecule has 1 saturated carbocycles. The molecule has 1 aliphatic heterocycles. The Morgan fingerprint density at radius 1 is 1.05 bits per heavy atom. The van der Waals surface area contributed by atoms with Crippen LogP contribution in [0.1, 0.15) is 52.9 Å².